The highest BCUT2D eigenvalue weighted by atomic mass is 14.8. The van der Waals surface area contributed by atoms with E-state index in [1.165, 1.54) is 16.7 Å². The lowest BCUT2D eigenvalue weighted by molar-refractivity contribution is 0.603. The van der Waals surface area contributed by atoms with Crippen molar-refractivity contribution < 1.29 is 0 Å². The standard InChI is InChI=1S/C19H30N2/c1-6-16(7-2)19-15(4)12-17(13-18(19)20)14(3)10-8-9-11-21-5/h6,9,11,13-14,21H,4,7-8,10,12,20H2,1-3,5H3/b11-9+,16-6+. The molecule has 1 aliphatic rings. The molecule has 2 nitrogen and oxygen atoms in total. The van der Waals surface area contributed by atoms with E-state index in [4.69, 9.17) is 5.73 Å². The van der Waals surface area contributed by atoms with Crippen molar-refractivity contribution in [1.82, 2.24) is 5.32 Å². The molecule has 0 bridgehead atoms. The van der Waals surface area contributed by atoms with Crippen molar-refractivity contribution in [3.05, 3.63) is 59.0 Å². The van der Waals surface area contributed by atoms with Crippen LogP contribution in [0.3, 0.4) is 0 Å². The summed E-state index contributed by atoms with van der Waals surface area (Å²) in [5, 5.41) is 3.02. The lowest BCUT2D eigenvalue weighted by atomic mass is 9.81. The molecule has 0 heterocycles. The molecule has 0 spiro atoms. The Hall–Kier alpha value is -1.70. The Morgan fingerprint density at radius 1 is 1.52 bits per heavy atom. The maximum atomic E-state index is 6.30. The van der Waals surface area contributed by atoms with Crippen molar-refractivity contribution in [1.29, 1.82) is 0 Å². The Labute approximate surface area is 130 Å². The zero-order chi connectivity index (χ0) is 15.8. The molecule has 0 saturated carbocycles. The normalized spacial score (nSPS) is 18.2. The second-order valence-electron chi connectivity index (χ2n) is 5.67. The van der Waals surface area contributed by atoms with E-state index in [-0.39, 0.29) is 0 Å². The number of rotatable bonds is 7. The van der Waals surface area contributed by atoms with Crippen LogP contribution < -0.4 is 11.1 Å². The molecule has 0 amide bonds. The third kappa shape index (κ3) is 4.66. The van der Waals surface area contributed by atoms with Gasteiger partial charge >= 0.3 is 0 Å². The van der Waals surface area contributed by atoms with Gasteiger partial charge in [0, 0.05) is 18.3 Å². The summed E-state index contributed by atoms with van der Waals surface area (Å²) < 4.78 is 0. The van der Waals surface area contributed by atoms with Crippen molar-refractivity contribution in [2.24, 2.45) is 11.7 Å². The van der Waals surface area contributed by atoms with E-state index in [0.717, 1.165) is 37.0 Å². The highest BCUT2D eigenvalue weighted by molar-refractivity contribution is 5.55. The molecule has 0 fully saturated rings. The van der Waals surface area contributed by atoms with Crippen LogP contribution >= 0.6 is 0 Å². The van der Waals surface area contributed by atoms with Gasteiger partial charge in [-0.25, -0.2) is 0 Å². The summed E-state index contributed by atoms with van der Waals surface area (Å²) in [5.74, 6) is 0.541. The molecule has 1 rings (SSSR count). The highest BCUT2D eigenvalue weighted by Gasteiger charge is 2.20. The first kappa shape index (κ1) is 17.4. The molecule has 1 atom stereocenters. The molecule has 0 saturated heterocycles. The lowest BCUT2D eigenvalue weighted by Crippen LogP contribution is -2.13. The number of allylic oxidation sites excluding steroid dienone is 7. The molecule has 0 aromatic carbocycles. The van der Waals surface area contributed by atoms with Gasteiger partial charge in [-0.1, -0.05) is 38.2 Å². The molecule has 0 radical (unpaired) electrons. The van der Waals surface area contributed by atoms with E-state index in [1.54, 1.807) is 0 Å². The molecule has 0 aromatic heterocycles. The van der Waals surface area contributed by atoms with E-state index in [0.29, 0.717) is 5.92 Å². The number of hydrogen-bond acceptors (Lipinski definition) is 2. The van der Waals surface area contributed by atoms with Crippen LogP contribution in [0.25, 0.3) is 0 Å². The summed E-state index contributed by atoms with van der Waals surface area (Å²) in [6.07, 6.45) is 12.7. The van der Waals surface area contributed by atoms with Crippen LogP contribution in [0.4, 0.5) is 0 Å². The van der Waals surface area contributed by atoms with Gasteiger partial charge in [0.2, 0.25) is 0 Å². The van der Waals surface area contributed by atoms with Crippen LogP contribution in [0.1, 0.15) is 46.5 Å². The van der Waals surface area contributed by atoms with Gasteiger partial charge < -0.3 is 11.1 Å². The molecular weight excluding hydrogens is 256 g/mol. The summed E-state index contributed by atoms with van der Waals surface area (Å²) >= 11 is 0. The van der Waals surface area contributed by atoms with E-state index in [9.17, 15) is 0 Å². The molecule has 1 unspecified atom stereocenters. The highest BCUT2D eigenvalue weighted by Crippen LogP contribution is 2.35. The summed E-state index contributed by atoms with van der Waals surface area (Å²) in [6.45, 7) is 10.8. The molecular formula is C19H30N2. The van der Waals surface area contributed by atoms with Crippen molar-refractivity contribution >= 4 is 0 Å². The fourth-order valence-corrected chi connectivity index (χ4v) is 2.85. The van der Waals surface area contributed by atoms with Crippen molar-refractivity contribution in [2.45, 2.75) is 46.5 Å². The van der Waals surface area contributed by atoms with E-state index >= 15 is 0 Å². The first-order valence-corrected chi connectivity index (χ1v) is 7.91. The van der Waals surface area contributed by atoms with Gasteiger partial charge in [0.05, 0.1) is 0 Å². The van der Waals surface area contributed by atoms with Crippen LogP contribution in [0.15, 0.2) is 59.0 Å². The average molecular weight is 286 g/mol. The number of nitrogens with one attached hydrogen (secondary N) is 1. The Morgan fingerprint density at radius 3 is 2.76 bits per heavy atom. The van der Waals surface area contributed by atoms with Gasteiger partial charge in [0.25, 0.3) is 0 Å². The molecule has 0 aliphatic heterocycles. The van der Waals surface area contributed by atoms with E-state index in [1.807, 2.05) is 13.2 Å². The Bertz CT molecular complexity index is 490. The van der Waals surface area contributed by atoms with Gasteiger partial charge in [-0.3, -0.25) is 0 Å². The molecule has 1 aliphatic carbocycles. The molecule has 2 heteroatoms. The first-order chi connectivity index (χ1) is 10.0. The van der Waals surface area contributed by atoms with Crippen molar-refractivity contribution in [3.63, 3.8) is 0 Å². The zero-order valence-corrected chi connectivity index (χ0v) is 14.0. The monoisotopic (exact) mass is 286 g/mol. The number of nitrogens with two attached hydrogens (primary N) is 1. The zero-order valence-electron chi connectivity index (χ0n) is 14.0. The van der Waals surface area contributed by atoms with E-state index in [2.05, 4.69) is 50.9 Å². The Morgan fingerprint density at radius 2 is 2.24 bits per heavy atom. The third-order valence-electron chi connectivity index (χ3n) is 4.13. The predicted molar refractivity (Wildman–Crippen MR) is 93.7 cm³/mol. The van der Waals surface area contributed by atoms with Crippen LogP contribution in [-0.4, -0.2) is 7.05 Å². The quantitative estimate of drug-likeness (QED) is 0.718. The maximum Gasteiger partial charge on any atom is 0.0392 e. The minimum Gasteiger partial charge on any atom is -0.398 e. The number of hydrogen-bond donors (Lipinski definition) is 2. The fourth-order valence-electron chi connectivity index (χ4n) is 2.85. The molecule has 116 valence electrons. The van der Waals surface area contributed by atoms with Gasteiger partial charge in [0.15, 0.2) is 0 Å². The Balaban J connectivity index is 2.86. The third-order valence-corrected chi connectivity index (χ3v) is 4.13. The van der Waals surface area contributed by atoms with E-state index < -0.39 is 0 Å². The first-order valence-electron chi connectivity index (χ1n) is 7.91. The summed E-state index contributed by atoms with van der Waals surface area (Å²) in [4.78, 5) is 0. The molecule has 0 aromatic rings. The Kier molecular flexibility index (Phi) is 7.07. The van der Waals surface area contributed by atoms with Gasteiger partial charge in [-0.15, -0.1) is 0 Å². The minimum absolute atomic E-state index is 0.541. The molecule has 21 heavy (non-hydrogen) atoms. The average Bonchev–Trinajstić information content (AvgIpc) is 2.46. The van der Waals surface area contributed by atoms with Crippen molar-refractivity contribution in [2.75, 3.05) is 7.05 Å². The topological polar surface area (TPSA) is 38.0 Å². The largest absolute Gasteiger partial charge is 0.398 e. The predicted octanol–water partition coefficient (Wildman–Crippen LogP) is 4.59. The SMILES string of the molecule is C=C1CC(C(C)CC/C=C/NC)=CC(N)=C1/C(=C/C)CC. The summed E-state index contributed by atoms with van der Waals surface area (Å²) in [6, 6.07) is 0. The van der Waals surface area contributed by atoms with Gasteiger partial charge in [0.1, 0.15) is 0 Å². The lowest BCUT2D eigenvalue weighted by Gasteiger charge is -2.25. The second kappa shape index (κ2) is 8.56. The summed E-state index contributed by atoms with van der Waals surface area (Å²) in [7, 11) is 1.92. The van der Waals surface area contributed by atoms with Gasteiger partial charge in [-0.2, -0.15) is 0 Å². The summed E-state index contributed by atoms with van der Waals surface area (Å²) in [5.41, 5.74) is 12.2. The van der Waals surface area contributed by atoms with Crippen molar-refractivity contribution in [3.8, 4) is 0 Å². The van der Waals surface area contributed by atoms with Crippen LogP contribution in [0.5, 0.6) is 0 Å². The van der Waals surface area contributed by atoms with Crippen LogP contribution in [0.2, 0.25) is 0 Å². The van der Waals surface area contributed by atoms with Crippen LogP contribution in [0, 0.1) is 5.92 Å². The minimum atomic E-state index is 0.541. The fraction of sp³-hybridized carbons (Fsp3) is 0.474. The van der Waals surface area contributed by atoms with Crippen LogP contribution in [-0.2, 0) is 0 Å². The van der Waals surface area contributed by atoms with Gasteiger partial charge in [-0.05, 0) is 61.9 Å². The maximum absolute atomic E-state index is 6.30. The smallest absolute Gasteiger partial charge is 0.0392 e. The second-order valence-corrected chi connectivity index (χ2v) is 5.67. The molecule has 3 N–H and O–H groups in total.